The van der Waals surface area contributed by atoms with E-state index in [1.165, 1.54) is 6.33 Å². The third kappa shape index (κ3) is 3.61. The van der Waals surface area contributed by atoms with Gasteiger partial charge in [0.2, 0.25) is 0 Å². The van der Waals surface area contributed by atoms with E-state index in [0.717, 1.165) is 11.3 Å². The Morgan fingerprint density at radius 1 is 0.885 bits per heavy atom. The lowest BCUT2D eigenvalue weighted by molar-refractivity contribution is 0.405. The monoisotopic (exact) mass is 351 g/mol. The van der Waals surface area contributed by atoms with Crippen molar-refractivity contribution in [3.05, 3.63) is 54.4 Å². The molecule has 0 spiro atoms. The highest BCUT2D eigenvalue weighted by molar-refractivity contribution is 5.82. The van der Waals surface area contributed by atoms with E-state index in [-0.39, 0.29) is 0 Å². The van der Waals surface area contributed by atoms with Gasteiger partial charge in [-0.1, -0.05) is 18.2 Å². The fourth-order valence-corrected chi connectivity index (χ4v) is 2.47. The summed E-state index contributed by atoms with van der Waals surface area (Å²) in [7, 11) is 3.20. The van der Waals surface area contributed by atoms with Gasteiger partial charge in [-0.2, -0.15) is 0 Å². The number of hydrogen-bond acceptors (Lipinski definition) is 7. The van der Waals surface area contributed by atoms with E-state index in [2.05, 4.69) is 20.6 Å². The zero-order valence-electron chi connectivity index (χ0n) is 14.9. The molecule has 1 heterocycles. The number of methoxy groups -OCH3 is 2. The van der Waals surface area contributed by atoms with Gasteiger partial charge in [0.15, 0.2) is 11.6 Å². The second-order valence-electron chi connectivity index (χ2n) is 5.62. The van der Waals surface area contributed by atoms with Crippen LogP contribution in [0, 0.1) is 6.92 Å². The number of hydrogen-bond donors (Lipinski definition) is 3. The lowest BCUT2D eigenvalue weighted by Crippen LogP contribution is -2.06. The van der Waals surface area contributed by atoms with Gasteiger partial charge in [-0.15, -0.1) is 0 Å². The maximum Gasteiger partial charge on any atom is 0.159 e. The number of rotatable bonds is 6. The number of nitrogen functional groups attached to an aromatic ring is 1. The highest BCUT2D eigenvalue weighted by Gasteiger charge is 2.12. The molecule has 2 aromatic carbocycles. The number of aromatic nitrogens is 2. The van der Waals surface area contributed by atoms with Crippen molar-refractivity contribution in [1.29, 1.82) is 0 Å². The van der Waals surface area contributed by atoms with Crippen LogP contribution in [-0.2, 0) is 0 Å². The van der Waals surface area contributed by atoms with E-state index in [9.17, 15) is 0 Å². The Kier molecular flexibility index (Phi) is 5.07. The molecule has 0 atom stereocenters. The first kappa shape index (κ1) is 17.3. The zero-order chi connectivity index (χ0) is 18.5. The fourth-order valence-electron chi connectivity index (χ4n) is 2.47. The van der Waals surface area contributed by atoms with Crippen LogP contribution in [0.5, 0.6) is 11.5 Å². The van der Waals surface area contributed by atoms with Gasteiger partial charge in [-0.05, 0) is 30.7 Å². The van der Waals surface area contributed by atoms with Crippen molar-refractivity contribution in [3.63, 3.8) is 0 Å². The molecular formula is C19H21N5O2. The second-order valence-corrected chi connectivity index (χ2v) is 5.62. The smallest absolute Gasteiger partial charge is 0.159 e. The standard InChI is InChI=1S/C19H21N5O2/c1-12-6-4-5-7-14(12)23-18-17(20)19(22-11-21-18)24-15-10-13(25-2)8-9-16(15)26-3/h4-11H,20H2,1-3H3,(H2,21,22,23,24). The van der Waals surface area contributed by atoms with Gasteiger partial charge >= 0.3 is 0 Å². The van der Waals surface area contributed by atoms with Gasteiger partial charge in [0.05, 0.1) is 19.9 Å². The fraction of sp³-hybridized carbons (Fsp3) is 0.158. The van der Waals surface area contributed by atoms with Crippen molar-refractivity contribution in [1.82, 2.24) is 9.97 Å². The molecule has 0 saturated heterocycles. The number of para-hydroxylation sites is 1. The highest BCUT2D eigenvalue weighted by atomic mass is 16.5. The number of anilines is 5. The lowest BCUT2D eigenvalue weighted by atomic mass is 10.2. The Morgan fingerprint density at radius 3 is 2.23 bits per heavy atom. The minimum absolute atomic E-state index is 0.403. The molecule has 0 fully saturated rings. The van der Waals surface area contributed by atoms with Crippen LogP contribution in [0.2, 0.25) is 0 Å². The molecule has 26 heavy (non-hydrogen) atoms. The summed E-state index contributed by atoms with van der Waals surface area (Å²) in [5, 5.41) is 6.43. The average molecular weight is 351 g/mol. The van der Waals surface area contributed by atoms with Crippen molar-refractivity contribution in [2.24, 2.45) is 0 Å². The van der Waals surface area contributed by atoms with Gasteiger partial charge in [0.25, 0.3) is 0 Å². The van der Waals surface area contributed by atoms with E-state index in [0.29, 0.717) is 34.5 Å². The van der Waals surface area contributed by atoms with Gasteiger partial charge in [0, 0.05) is 11.8 Å². The Morgan fingerprint density at radius 2 is 1.58 bits per heavy atom. The van der Waals surface area contributed by atoms with Crippen LogP contribution in [0.4, 0.5) is 28.7 Å². The first-order chi connectivity index (χ1) is 12.6. The molecule has 0 aliphatic carbocycles. The average Bonchev–Trinajstić information content (AvgIpc) is 2.66. The first-order valence-electron chi connectivity index (χ1n) is 8.04. The van der Waals surface area contributed by atoms with Gasteiger partial charge < -0.3 is 25.8 Å². The molecule has 0 amide bonds. The predicted molar refractivity (Wildman–Crippen MR) is 104 cm³/mol. The Hall–Kier alpha value is -3.48. The summed E-state index contributed by atoms with van der Waals surface area (Å²) in [6.07, 6.45) is 1.45. The van der Waals surface area contributed by atoms with Crippen LogP contribution < -0.4 is 25.8 Å². The maximum atomic E-state index is 6.27. The summed E-state index contributed by atoms with van der Waals surface area (Å²) < 4.78 is 10.6. The van der Waals surface area contributed by atoms with Crippen molar-refractivity contribution >= 4 is 28.7 Å². The van der Waals surface area contributed by atoms with Gasteiger partial charge in [-0.25, -0.2) is 9.97 Å². The largest absolute Gasteiger partial charge is 0.497 e. The van der Waals surface area contributed by atoms with E-state index in [4.69, 9.17) is 15.2 Å². The molecule has 3 rings (SSSR count). The van der Waals surface area contributed by atoms with Crippen LogP contribution in [-0.4, -0.2) is 24.2 Å². The van der Waals surface area contributed by atoms with Gasteiger partial charge in [-0.3, -0.25) is 0 Å². The van der Waals surface area contributed by atoms with E-state index in [1.54, 1.807) is 14.2 Å². The Labute approximate surface area is 152 Å². The van der Waals surface area contributed by atoms with Crippen molar-refractivity contribution in [3.8, 4) is 11.5 Å². The Bertz CT molecular complexity index is 914. The van der Waals surface area contributed by atoms with Crippen LogP contribution >= 0.6 is 0 Å². The third-order valence-electron chi connectivity index (χ3n) is 3.94. The molecule has 0 radical (unpaired) electrons. The first-order valence-corrected chi connectivity index (χ1v) is 8.04. The molecular weight excluding hydrogens is 330 g/mol. The summed E-state index contributed by atoms with van der Waals surface area (Å²) in [6, 6.07) is 13.4. The van der Waals surface area contributed by atoms with Crippen molar-refractivity contribution in [2.45, 2.75) is 6.92 Å². The summed E-state index contributed by atoms with van der Waals surface area (Å²) in [5.74, 6) is 2.35. The topological polar surface area (TPSA) is 94.3 Å². The molecule has 7 nitrogen and oxygen atoms in total. The summed E-state index contributed by atoms with van der Waals surface area (Å²) in [4.78, 5) is 8.50. The quantitative estimate of drug-likeness (QED) is 0.620. The summed E-state index contributed by atoms with van der Waals surface area (Å²) >= 11 is 0. The van der Waals surface area contributed by atoms with Crippen LogP contribution in [0.15, 0.2) is 48.8 Å². The molecule has 3 aromatic rings. The van der Waals surface area contributed by atoms with Crippen molar-refractivity contribution in [2.75, 3.05) is 30.6 Å². The number of nitrogens with two attached hydrogens (primary N) is 1. The zero-order valence-corrected chi connectivity index (χ0v) is 14.9. The highest BCUT2D eigenvalue weighted by Crippen LogP contribution is 2.34. The molecule has 1 aromatic heterocycles. The molecule has 134 valence electrons. The van der Waals surface area contributed by atoms with Crippen molar-refractivity contribution < 1.29 is 9.47 Å². The van der Waals surface area contributed by atoms with Crippen LogP contribution in [0.1, 0.15) is 5.56 Å². The molecule has 4 N–H and O–H groups in total. The second kappa shape index (κ2) is 7.60. The number of benzene rings is 2. The number of nitrogens with zero attached hydrogens (tertiary/aromatic N) is 2. The summed E-state index contributed by atoms with van der Waals surface area (Å²) in [5.41, 5.74) is 9.39. The molecule has 0 unspecified atom stereocenters. The minimum Gasteiger partial charge on any atom is -0.497 e. The minimum atomic E-state index is 0.403. The molecule has 0 aliphatic heterocycles. The number of ether oxygens (including phenoxy) is 2. The van der Waals surface area contributed by atoms with Crippen LogP contribution in [0.3, 0.4) is 0 Å². The van der Waals surface area contributed by atoms with Gasteiger partial charge in [0.1, 0.15) is 23.5 Å². The van der Waals surface area contributed by atoms with E-state index in [1.807, 2.05) is 49.4 Å². The molecule has 0 aliphatic rings. The normalized spacial score (nSPS) is 10.3. The van der Waals surface area contributed by atoms with E-state index >= 15 is 0 Å². The summed E-state index contributed by atoms with van der Waals surface area (Å²) in [6.45, 7) is 2.01. The third-order valence-corrected chi connectivity index (χ3v) is 3.94. The molecule has 0 saturated carbocycles. The Balaban J connectivity index is 1.92. The predicted octanol–water partition coefficient (Wildman–Crippen LogP) is 3.87. The maximum absolute atomic E-state index is 6.27. The SMILES string of the molecule is COc1ccc(OC)c(Nc2ncnc(Nc3ccccc3C)c2N)c1. The molecule has 0 bridgehead atoms. The molecule has 7 heteroatoms. The van der Waals surface area contributed by atoms with Crippen LogP contribution in [0.25, 0.3) is 0 Å². The number of aryl methyl sites for hydroxylation is 1. The lowest BCUT2D eigenvalue weighted by Gasteiger charge is -2.15. The van der Waals surface area contributed by atoms with E-state index < -0.39 is 0 Å². The number of nitrogens with one attached hydrogen (secondary N) is 2.